The molecule has 0 aliphatic rings. The molecular weight excluding hydrogens is 610 g/mol. The van der Waals surface area contributed by atoms with Crippen molar-refractivity contribution in [3.63, 3.8) is 0 Å². The predicted octanol–water partition coefficient (Wildman–Crippen LogP) is 6.39. The first kappa shape index (κ1) is 28.3. The van der Waals surface area contributed by atoms with Crippen molar-refractivity contribution in [3.8, 4) is 5.75 Å². The van der Waals surface area contributed by atoms with E-state index in [2.05, 4.69) is 27.9 Å². The fraction of sp³-hybridized carbons (Fsp3) is 0.286. The molecule has 36 heavy (non-hydrogen) atoms. The molecule has 2 amide bonds. The number of halogens is 3. The van der Waals surface area contributed by atoms with E-state index in [1.54, 1.807) is 30.3 Å². The van der Waals surface area contributed by atoms with E-state index < -0.39 is 6.04 Å². The number of hydrogen-bond acceptors (Lipinski definition) is 3. The third kappa shape index (κ3) is 8.39. The van der Waals surface area contributed by atoms with Crippen molar-refractivity contribution in [3.05, 3.63) is 97.5 Å². The summed E-state index contributed by atoms with van der Waals surface area (Å²) in [7, 11) is 0. The quantitative estimate of drug-likeness (QED) is 0.248. The molecule has 0 aliphatic carbocycles. The summed E-state index contributed by atoms with van der Waals surface area (Å²) in [6.07, 6.45) is 0.335. The van der Waals surface area contributed by atoms with Crippen molar-refractivity contribution in [2.24, 2.45) is 5.92 Å². The molecule has 0 heterocycles. The minimum absolute atomic E-state index is 0.0694. The summed E-state index contributed by atoms with van der Waals surface area (Å²) >= 11 is 15.1. The van der Waals surface area contributed by atoms with E-state index in [0.717, 1.165) is 9.13 Å². The molecule has 0 aromatic heterocycles. The molecule has 0 unspecified atom stereocenters. The first-order valence-electron chi connectivity index (χ1n) is 11.7. The van der Waals surface area contributed by atoms with Crippen molar-refractivity contribution in [1.29, 1.82) is 0 Å². The number of nitrogens with one attached hydrogen (secondary N) is 1. The van der Waals surface area contributed by atoms with Crippen LogP contribution in [-0.4, -0.2) is 35.9 Å². The summed E-state index contributed by atoms with van der Waals surface area (Å²) in [6.45, 7) is 4.38. The van der Waals surface area contributed by atoms with Crippen molar-refractivity contribution in [2.75, 3.05) is 13.2 Å². The van der Waals surface area contributed by atoms with Gasteiger partial charge in [-0.1, -0.05) is 73.4 Å². The van der Waals surface area contributed by atoms with E-state index in [1.165, 1.54) is 4.90 Å². The highest BCUT2D eigenvalue weighted by Crippen LogP contribution is 2.27. The van der Waals surface area contributed by atoms with Gasteiger partial charge in [0.25, 0.3) is 5.91 Å². The summed E-state index contributed by atoms with van der Waals surface area (Å²) in [4.78, 5) is 28.6. The standard InChI is InChI=1S/C28H29Cl2IN2O3/c1-19(2)16-32-28(35)26(15-20-7-4-3-5-8-20)33(17-23-24(29)9-6-10-25(23)30)27(34)18-36-22-13-11-21(31)12-14-22/h3-14,19,26H,15-18H2,1-2H3,(H,32,35)/t26-/m1/s1. The molecule has 0 saturated heterocycles. The lowest BCUT2D eigenvalue weighted by atomic mass is 10.0. The lowest BCUT2D eigenvalue weighted by Crippen LogP contribution is -2.52. The highest BCUT2D eigenvalue weighted by Gasteiger charge is 2.31. The van der Waals surface area contributed by atoms with Crippen LogP contribution in [-0.2, 0) is 22.6 Å². The Balaban J connectivity index is 1.94. The van der Waals surface area contributed by atoms with Crippen LogP contribution in [0, 0.1) is 9.49 Å². The first-order chi connectivity index (χ1) is 17.2. The van der Waals surface area contributed by atoms with Gasteiger partial charge in [-0.2, -0.15) is 0 Å². The number of amides is 2. The van der Waals surface area contributed by atoms with Gasteiger partial charge in [-0.15, -0.1) is 0 Å². The van der Waals surface area contributed by atoms with Gasteiger partial charge in [0, 0.05) is 38.7 Å². The fourth-order valence-corrected chi connectivity index (χ4v) is 4.47. The minimum atomic E-state index is -0.786. The molecule has 3 rings (SSSR count). The van der Waals surface area contributed by atoms with Crippen LogP contribution < -0.4 is 10.1 Å². The van der Waals surface area contributed by atoms with E-state index >= 15 is 0 Å². The molecule has 0 fully saturated rings. The Labute approximate surface area is 236 Å². The molecule has 0 radical (unpaired) electrons. The monoisotopic (exact) mass is 638 g/mol. The predicted molar refractivity (Wildman–Crippen MR) is 153 cm³/mol. The summed E-state index contributed by atoms with van der Waals surface area (Å²) in [5, 5.41) is 3.85. The number of carbonyl (C=O) groups is 2. The highest BCUT2D eigenvalue weighted by molar-refractivity contribution is 14.1. The maximum absolute atomic E-state index is 13.6. The van der Waals surface area contributed by atoms with Gasteiger partial charge in [0.05, 0.1) is 0 Å². The Morgan fingerprint density at radius 1 is 0.944 bits per heavy atom. The van der Waals surface area contributed by atoms with Crippen molar-refractivity contribution in [2.45, 2.75) is 32.9 Å². The van der Waals surface area contributed by atoms with E-state index in [1.807, 2.05) is 56.3 Å². The molecule has 0 spiro atoms. The molecular formula is C28H29Cl2IN2O3. The molecule has 3 aromatic rings. The number of rotatable bonds is 11. The third-order valence-electron chi connectivity index (χ3n) is 5.52. The summed E-state index contributed by atoms with van der Waals surface area (Å²) in [5.41, 5.74) is 1.52. The van der Waals surface area contributed by atoms with Crippen LogP contribution in [0.15, 0.2) is 72.8 Å². The largest absolute Gasteiger partial charge is 0.484 e. The Morgan fingerprint density at radius 3 is 2.19 bits per heavy atom. The molecule has 3 aromatic carbocycles. The molecule has 0 saturated carbocycles. The van der Waals surface area contributed by atoms with Crippen molar-refractivity contribution < 1.29 is 14.3 Å². The molecule has 8 heteroatoms. The number of nitrogens with zero attached hydrogens (tertiary/aromatic N) is 1. The minimum Gasteiger partial charge on any atom is -0.484 e. The second-order valence-corrected chi connectivity index (χ2v) is 10.9. The van der Waals surface area contributed by atoms with Crippen LogP contribution in [0.5, 0.6) is 5.75 Å². The third-order valence-corrected chi connectivity index (χ3v) is 6.95. The molecule has 1 atom stereocenters. The smallest absolute Gasteiger partial charge is 0.261 e. The van der Waals surface area contributed by atoms with E-state index in [0.29, 0.717) is 34.3 Å². The SMILES string of the molecule is CC(C)CNC(=O)[C@@H](Cc1ccccc1)N(Cc1c(Cl)cccc1Cl)C(=O)COc1ccc(I)cc1. The van der Waals surface area contributed by atoms with Crippen molar-refractivity contribution in [1.82, 2.24) is 10.2 Å². The van der Waals surface area contributed by atoms with Gasteiger partial charge in [0.1, 0.15) is 11.8 Å². The van der Waals surface area contributed by atoms with Gasteiger partial charge in [-0.05, 0) is 70.5 Å². The maximum Gasteiger partial charge on any atom is 0.261 e. The van der Waals surface area contributed by atoms with Crippen LogP contribution in [0.1, 0.15) is 25.0 Å². The Morgan fingerprint density at radius 2 is 1.58 bits per heavy atom. The zero-order valence-corrected chi connectivity index (χ0v) is 23.9. The molecule has 190 valence electrons. The lowest BCUT2D eigenvalue weighted by Gasteiger charge is -2.32. The number of hydrogen-bond donors (Lipinski definition) is 1. The average Bonchev–Trinajstić information content (AvgIpc) is 2.86. The molecule has 0 aliphatic heterocycles. The van der Waals surface area contributed by atoms with Gasteiger partial charge in [0.2, 0.25) is 5.91 Å². The maximum atomic E-state index is 13.6. The zero-order chi connectivity index (χ0) is 26.1. The van der Waals surface area contributed by atoms with Crippen molar-refractivity contribution >= 4 is 57.6 Å². The van der Waals surface area contributed by atoms with E-state index in [9.17, 15) is 9.59 Å². The Kier molecular flexibility index (Phi) is 10.9. The van der Waals surface area contributed by atoms with Gasteiger partial charge in [0.15, 0.2) is 6.61 Å². The van der Waals surface area contributed by atoms with Crippen LogP contribution in [0.25, 0.3) is 0 Å². The molecule has 0 bridgehead atoms. The first-order valence-corrected chi connectivity index (χ1v) is 13.5. The second kappa shape index (κ2) is 13.9. The topological polar surface area (TPSA) is 58.6 Å². The average molecular weight is 639 g/mol. The Hall–Kier alpha value is -2.29. The van der Waals surface area contributed by atoms with Crippen LogP contribution >= 0.6 is 45.8 Å². The van der Waals surface area contributed by atoms with Gasteiger partial charge in [-0.25, -0.2) is 0 Å². The van der Waals surface area contributed by atoms with Gasteiger partial charge < -0.3 is 15.0 Å². The normalized spacial score (nSPS) is 11.7. The summed E-state index contributed by atoms with van der Waals surface area (Å²) < 4.78 is 6.85. The molecule has 5 nitrogen and oxygen atoms in total. The Bertz CT molecular complexity index is 1140. The number of ether oxygens (including phenoxy) is 1. The van der Waals surface area contributed by atoms with E-state index in [4.69, 9.17) is 27.9 Å². The van der Waals surface area contributed by atoms with Crippen LogP contribution in [0.2, 0.25) is 10.0 Å². The fourth-order valence-electron chi connectivity index (χ4n) is 3.59. The summed E-state index contributed by atoms with van der Waals surface area (Å²) in [5.74, 6) is 0.254. The number of benzene rings is 3. The van der Waals surface area contributed by atoms with Gasteiger partial charge in [-0.3, -0.25) is 9.59 Å². The summed E-state index contributed by atoms with van der Waals surface area (Å²) in [6, 6.07) is 21.4. The van der Waals surface area contributed by atoms with Crippen LogP contribution in [0.4, 0.5) is 0 Å². The zero-order valence-electron chi connectivity index (χ0n) is 20.2. The highest BCUT2D eigenvalue weighted by atomic mass is 127. The van der Waals surface area contributed by atoms with E-state index in [-0.39, 0.29) is 30.9 Å². The van der Waals surface area contributed by atoms with Crippen LogP contribution in [0.3, 0.4) is 0 Å². The second-order valence-electron chi connectivity index (χ2n) is 8.81. The lowest BCUT2D eigenvalue weighted by molar-refractivity contribution is -0.142. The molecule has 1 N–H and O–H groups in total. The van der Waals surface area contributed by atoms with Gasteiger partial charge >= 0.3 is 0 Å². The number of carbonyl (C=O) groups excluding carboxylic acids is 2.